The van der Waals surface area contributed by atoms with E-state index in [-0.39, 0.29) is 51.4 Å². The summed E-state index contributed by atoms with van der Waals surface area (Å²) < 4.78 is 53.0. The van der Waals surface area contributed by atoms with E-state index in [1.165, 1.54) is 43.0 Å². The SMILES string of the molecule is [2H]c1c([2H])c([2H])c(-c2cccc(-c3cc(-c4cc(C(C)(C)C)cc(C(C)(C)C)c4)cc(C(C)(C)C)c3)c2N2CN(c3cccc(Oc4cc5c6c(c4)N(c4cc(C(C)(C)C)ccn4)c4ccccc4[Si]6(c4ccccc4)c4ccccc4-5)c3)c3ccccc32)c([2H])c1[2H]. The summed E-state index contributed by atoms with van der Waals surface area (Å²) in [5.74, 6) is 2.20. The first-order valence-electron chi connectivity index (χ1n) is 33.4. The molecule has 0 amide bonds. The largest absolute Gasteiger partial charge is 0.457 e. The van der Waals surface area contributed by atoms with Gasteiger partial charge in [0.05, 0.1) is 29.6 Å². The second-order valence-electron chi connectivity index (χ2n) is 28.2. The highest BCUT2D eigenvalue weighted by atomic mass is 28.3. The lowest BCUT2D eigenvalue weighted by Crippen LogP contribution is -2.75. The Labute approximate surface area is 529 Å². The monoisotopic (exact) mass is 1170 g/mol. The van der Waals surface area contributed by atoms with Gasteiger partial charge in [-0.25, -0.2) is 4.98 Å². The lowest BCUT2D eigenvalue weighted by molar-refractivity contribution is 0.483. The van der Waals surface area contributed by atoms with Crippen LogP contribution in [0.25, 0.3) is 44.5 Å². The number of pyridine rings is 1. The number of fused-ring (bicyclic) bond motifs is 6. The Bertz CT molecular complexity index is 4780. The molecule has 11 aromatic rings. The molecule has 10 aromatic carbocycles. The molecule has 3 aliphatic heterocycles. The third-order valence-electron chi connectivity index (χ3n) is 18.2. The predicted molar refractivity (Wildman–Crippen MR) is 375 cm³/mol. The molecular weight excluding hydrogens is 1090 g/mol. The van der Waals surface area contributed by atoms with Crippen LogP contribution >= 0.6 is 0 Å². The predicted octanol–water partition coefficient (Wildman–Crippen LogP) is 19.5. The molecule has 0 radical (unpaired) electrons. The molecule has 1 atom stereocenters. The molecule has 1 aromatic heterocycles. The summed E-state index contributed by atoms with van der Waals surface area (Å²) in [5, 5.41) is 5.32. The van der Waals surface area contributed by atoms with Gasteiger partial charge >= 0.3 is 0 Å². The van der Waals surface area contributed by atoms with Crippen LogP contribution in [0.3, 0.4) is 0 Å². The van der Waals surface area contributed by atoms with Gasteiger partial charge in [0.25, 0.3) is 0 Å². The molecule has 0 aliphatic carbocycles. The zero-order valence-electron chi connectivity index (χ0n) is 57.6. The van der Waals surface area contributed by atoms with Crippen molar-refractivity contribution >= 4 is 68.8 Å². The first-order chi connectivity index (χ1) is 44.2. The van der Waals surface area contributed by atoms with Crippen molar-refractivity contribution in [3.63, 3.8) is 0 Å². The van der Waals surface area contributed by atoms with E-state index in [4.69, 9.17) is 13.8 Å². The van der Waals surface area contributed by atoms with Crippen LogP contribution in [0.1, 0.15) is 112 Å². The molecular formula is C82H78N4OSi. The molecule has 3 aliphatic rings. The van der Waals surface area contributed by atoms with E-state index in [0.717, 1.165) is 73.3 Å². The fourth-order valence-corrected chi connectivity index (χ4v) is 19.1. The number of rotatable bonds is 9. The number of para-hydroxylation sites is 4. The molecule has 0 saturated carbocycles. The van der Waals surface area contributed by atoms with Crippen molar-refractivity contribution in [2.24, 2.45) is 0 Å². The van der Waals surface area contributed by atoms with Crippen molar-refractivity contribution in [2.75, 3.05) is 21.4 Å². The van der Waals surface area contributed by atoms with Gasteiger partial charge in [0.1, 0.15) is 24.0 Å². The van der Waals surface area contributed by atoms with Crippen molar-refractivity contribution in [3.05, 3.63) is 265 Å². The molecule has 6 heteroatoms. The van der Waals surface area contributed by atoms with E-state index in [9.17, 15) is 2.74 Å². The van der Waals surface area contributed by atoms with Crippen LogP contribution in [-0.2, 0) is 21.7 Å². The van der Waals surface area contributed by atoms with Crippen LogP contribution in [0.15, 0.2) is 243 Å². The number of ether oxygens (including phenoxy) is 1. The maximum atomic E-state index is 9.52. The van der Waals surface area contributed by atoms with E-state index >= 15 is 0 Å². The molecule has 0 saturated heterocycles. The fraction of sp³-hybridized carbons (Fsp3) is 0.207. The van der Waals surface area contributed by atoms with Crippen LogP contribution in [-0.4, -0.2) is 19.7 Å². The highest BCUT2D eigenvalue weighted by Crippen LogP contribution is 2.52. The Hall–Kier alpha value is -9.23. The van der Waals surface area contributed by atoms with E-state index in [1.807, 2.05) is 36.5 Å². The number of hydrogen-bond donors (Lipinski definition) is 0. The van der Waals surface area contributed by atoms with Crippen LogP contribution in [0.4, 0.5) is 39.9 Å². The second-order valence-corrected chi connectivity index (χ2v) is 31.8. The maximum Gasteiger partial charge on any atom is 0.185 e. The van der Waals surface area contributed by atoms with E-state index in [2.05, 4.69) is 274 Å². The summed E-state index contributed by atoms with van der Waals surface area (Å²) in [6, 6.07) is 72.7. The molecule has 0 N–H and O–H groups in total. The van der Waals surface area contributed by atoms with Gasteiger partial charge in [0, 0.05) is 40.8 Å². The van der Waals surface area contributed by atoms with Gasteiger partial charge in [-0.05, 0) is 153 Å². The quantitative estimate of drug-likeness (QED) is 0.135. The minimum atomic E-state index is -2.93. The first-order valence-corrected chi connectivity index (χ1v) is 32.9. The lowest BCUT2D eigenvalue weighted by Gasteiger charge is -2.43. The van der Waals surface area contributed by atoms with Crippen LogP contribution < -0.4 is 40.2 Å². The second kappa shape index (κ2) is 21.0. The summed E-state index contributed by atoms with van der Waals surface area (Å²) in [7, 11) is -2.93. The standard InChI is InChI=1S/C82H78N4OSi/c1-79(2,3)58-41-42-83-76(49-58)86-72-38-22-24-40-75(72)88(65-31-17-14-18-32-65)74-39-23-19-33-68(74)69-51-64(52-73(86)78(69)88)87-63-30-25-29-62(50-63)84-53-85(71-37-21-20-36-70(71)84)77-66(54-27-15-13-16-28-54)34-26-35-67(77)57-43-55(44-59(47-57)80(4,5)6)56-45-60(81(7,8)9)48-61(46-56)82(10,11)12/h13-52H,53H2,1-12H3/i13D,15D,16D,27D,28D. The van der Waals surface area contributed by atoms with Gasteiger partial charge in [0.15, 0.2) is 8.07 Å². The summed E-state index contributed by atoms with van der Waals surface area (Å²) in [5.41, 5.74) is 16.9. The Morgan fingerprint density at radius 2 is 0.966 bits per heavy atom. The van der Waals surface area contributed by atoms with Gasteiger partial charge in [-0.2, -0.15) is 0 Å². The van der Waals surface area contributed by atoms with Crippen molar-refractivity contribution in [1.82, 2.24) is 4.98 Å². The lowest BCUT2D eigenvalue weighted by atomic mass is 9.78. The minimum absolute atomic E-state index is 0.110. The molecule has 0 bridgehead atoms. The van der Waals surface area contributed by atoms with Crippen molar-refractivity contribution in [2.45, 2.75) is 105 Å². The van der Waals surface area contributed by atoms with Crippen LogP contribution in [0.2, 0.25) is 0 Å². The average molecular weight is 1170 g/mol. The molecule has 5 nitrogen and oxygen atoms in total. The molecule has 1 unspecified atom stereocenters. The van der Waals surface area contributed by atoms with Gasteiger partial charge in [0.2, 0.25) is 0 Å². The Morgan fingerprint density at radius 3 is 1.65 bits per heavy atom. The summed E-state index contributed by atoms with van der Waals surface area (Å²) in [6.07, 6.45) is 1.94. The smallest absolute Gasteiger partial charge is 0.185 e. The molecule has 88 heavy (non-hydrogen) atoms. The number of hydrogen-bond acceptors (Lipinski definition) is 5. The van der Waals surface area contributed by atoms with E-state index in [0.29, 0.717) is 23.7 Å². The van der Waals surface area contributed by atoms with Crippen LogP contribution in [0.5, 0.6) is 11.5 Å². The van der Waals surface area contributed by atoms with Crippen molar-refractivity contribution in [1.29, 1.82) is 0 Å². The fourth-order valence-electron chi connectivity index (χ4n) is 13.6. The maximum absolute atomic E-state index is 9.52. The number of benzene rings is 10. The van der Waals surface area contributed by atoms with Gasteiger partial charge in [-0.15, -0.1) is 0 Å². The summed E-state index contributed by atoms with van der Waals surface area (Å²) in [6.45, 7) is 27.4. The van der Waals surface area contributed by atoms with E-state index in [1.54, 1.807) is 0 Å². The van der Waals surface area contributed by atoms with Crippen molar-refractivity contribution in [3.8, 4) is 56.0 Å². The molecule has 0 fully saturated rings. The highest BCUT2D eigenvalue weighted by molar-refractivity contribution is 7.23. The number of aromatic nitrogens is 1. The zero-order valence-corrected chi connectivity index (χ0v) is 53.6. The highest BCUT2D eigenvalue weighted by Gasteiger charge is 2.55. The molecule has 4 heterocycles. The number of anilines is 7. The Balaban J connectivity index is 0.928. The van der Waals surface area contributed by atoms with Gasteiger partial charge < -0.3 is 14.5 Å². The Kier molecular flexibility index (Phi) is 12.1. The third-order valence-corrected chi connectivity index (χ3v) is 23.2. The first kappa shape index (κ1) is 50.9. The average Bonchev–Trinajstić information content (AvgIpc) is 1.54. The van der Waals surface area contributed by atoms with Crippen molar-refractivity contribution < 1.29 is 11.6 Å². The minimum Gasteiger partial charge on any atom is -0.457 e. The third kappa shape index (κ3) is 9.64. The molecule has 0 spiro atoms. The topological polar surface area (TPSA) is 31.8 Å². The van der Waals surface area contributed by atoms with Crippen LogP contribution in [0, 0.1) is 0 Å². The zero-order chi connectivity index (χ0) is 65.4. The number of nitrogens with zero attached hydrogens (tertiary/aromatic N) is 4. The summed E-state index contributed by atoms with van der Waals surface area (Å²) >= 11 is 0. The normalized spacial score (nSPS) is 16.0. The molecule has 436 valence electrons. The van der Waals surface area contributed by atoms with E-state index < -0.39 is 14.1 Å². The molecule has 14 rings (SSSR count). The van der Waals surface area contributed by atoms with Gasteiger partial charge in [-0.3, -0.25) is 4.90 Å². The Morgan fingerprint density at radius 1 is 0.409 bits per heavy atom. The summed E-state index contributed by atoms with van der Waals surface area (Å²) in [4.78, 5) is 12.1. The van der Waals surface area contributed by atoms with Gasteiger partial charge in [-0.1, -0.05) is 253 Å².